The quantitative estimate of drug-likeness (QED) is 0.777. The van der Waals surface area contributed by atoms with Crippen molar-refractivity contribution in [3.63, 3.8) is 0 Å². The molecule has 0 amide bonds. The lowest BCUT2D eigenvalue weighted by molar-refractivity contribution is 0.585. The smallest absolute Gasteiger partial charge is 0.146 e. The number of benzene rings is 1. The first-order chi connectivity index (χ1) is 7.54. The van der Waals surface area contributed by atoms with E-state index >= 15 is 0 Å². The zero-order chi connectivity index (χ0) is 12.1. The van der Waals surface area contributed by atoms with Crippen LogP contribution in [0.2, 0.25) is 0 Å². The summed E-state index contributed by atoms with van der Waals surface area (Å²) in [5.41, 5.74) is 6.48. The van der Waals surface area contributed by atoms with Crippen molar-refractivity contribution in [2.45, 2.75) is 20.3 Å². The van der Waals surface area contributed by atoms with Gasteiger partial charge in [0.05, 0.1) is 5.69 Å². The average molecular weight is 240 g/mol. The molecule has 0 saturated heterocycles. The van der Waals surface area contributed by atoms with Crippen LogP contribution in [0.25, 0.3) is 0 Å². The normalized spacial score (nSPS) is 12.2. The Balaban J connectivity index is 2.72. The highest BCUT2D eigenvalue weighted by atomic mass is 32.1. The fourth-order valence-electron chi connectivity index (χ4n) is 1.24. The van der Waals surface area contributed by atoms with Crippen LogP contribution in [0.5, 0.6) is 0 Å². The molecule has 0 bridgehead atoms. The maximum absolute atomic E-state index is 13.6. The molecule has 2 nitrogen and oxygen atoms in total. The zero-order valence-corrected chi connectivity index (χ0v) is 10.4. The third kappa shape index (κ3) is 3.45. The van der Waals surface area contributed by atoms with Crippen molar-refractivity contribution in [1.82, 2.24) is 0 Å². The average Bonchev–Trinajstić information content (AvgIpc) is 2.26. The van der Waals surface area contributed by atoms with E-state index in [1.165, 1.54) is 6.07 Å². The van der Waals surface area contributed by atoms with Crippen LogP contribution >= 0.6 is 12.2 Å². The predicted molar refractivity (Wildman–Crippen MR) is 70.2 cm³/mol. The Kier molecular flexibility index (Phi) is 4.68. The van der Waals surface area contributed by atoms with E-state index in [1.54, 1.807) is 12.1 Å². The van der Waals surface area contributed by atoms with Crippen LogP contribution in [0.15, 0.2) is 18.2 Å². The highest BCUT2D eigenvalue weighted by molar-refractivity contribution is 7.80. The van der Waals surface area contributed by atoms with Gasteiger partial charge in [0.2, 0.25) is 0 Å². The summed E-state index contributed by atoms with van der Waals surface area (Å²) in [6, 6.07) is 4.76. The molecule has 0 aliphatic heterocycles. The van der Waals surface area contributed by atoms with Crippen molar-refractivity contribution >= 4 is 22.9 Å². The summed E-state index contributed by atoms with van der Waals surface area (Å²) in [5, 5.41) is 3.07. The zero-order valence-electron chi connectivity index (χ0n) is 9.59. The van der Waals surface area contributed by atoms with Crippen LogP contribution < -0.4 is 11.1 Å². The van der Waals surface area contributed by atoms with Crippen LogP contribution in [-0.2, 0) is 0 Å². The molecule has 0 aliphatic rings. The first kappa shape index (κ1) is 12.9. The largest absolute Gasteiger partial charge is 0.389 e. The van der Waals surface area contributed by atoms with Gasteiger partial charge in [0.15, 0.2) is 0 Å². The van der Waals surface area contributed by atoms with Crippen molar-refractivity contribution in [3.05, 3.63) is 29.6 Å². The summed E-state index contributed by atoms with van der Waals surface area (Å²) in [4.78, 5) is 0.215. The number of hydrogen-bond donors (Lipinski definition) is 2. The van der Waals surface area contributed by atoms with Gasteiger partial charge in [-0.3, -0.25) is 0 Å². The molecule has 1 unspecified atom stereocenters. The Bertz CT molecular complexity index is 379. The fraction of sp³-hybridized carbons (Fsp3) is 0.417. The van der Waals surface area contributed by atoms with Gasteiger partial charge < -0.3 is 11.1 Å². The molecule has 1 rings (SSSR count). The van der Waals surface area contributed by atoms with Crippen molar-refractivity contribution in [1.29, 1.82) is 0 Å². The van der Waals surface area contributed by atoms with E-state index in [1.807, 2.05) is 0 Å². The van der Waals surface area contributed by atoms with Gasteiger partial charge in [-0.1, -0.05) is 32.5 Å². The minimum absolute atomic E-state index is 0.215. The van der Waals surface area contributed by atoms with Gasteiger partial charge in [-0.2, -0.15) is 0 Å². The van der Waals surface area contributed by atoms with Gasteiger partial charge in [-0.25, -0.2) is 4.39 Å². The Morgan fingerprint density at radius 3 is 2.75 bits per heavy atom. The number of hydrogen-bond acceptors (Lipinski definition) is 2. The Hall–Kier alpha value is -1.16. The molecular weight excluding hydrogens is 223 g/mol. The number of nitrogens with two attached hydrogens (primary N) is 1. The Morgan fingerprint density at radius 2 is 2.25 bits per heavy atom. The summed E-state index contributed by atoms with van der Waals surface area (Å²) >= 11 is 4.78. The lowest BCUT2D eigenvalue weighted by atomic mass is 10.1. The molecule has 0 fully saturated rings. The van der Waals surface area contributed by atoms with Gasteiger partial charge >= 0.3 is 0 Å². The number of rotatable bonds is 5. The molecule has 1 aromatic carbocycles. The van der Waals surface area contributed by atoms with Crippen LogP contribution in [0, 0.1) is 11.7 Å². The summed E-state index contributed by atoms with van der Waals surface area (Å²) in [6.07, 6.45) is 1.07. The molecule has 0 spiro atoms. The van der Waals surface area contributed by atoms with E-state index in [2.05, 4.69) is 19.2 Å². The second-order valence-electron chi connectivity index (χ2n) is 3.95. The molecule has 3 N–H and O–H groups in total. The molecule has 0 saturated carbocycles. The second kappa shape index (κ2) is 5.80. The Labute approximate surface area is 101 Å². The summed E-state index contributed by atoms with van der Waals surface area (Å²) < 4.78 is 13.6. The van der Waals surface area contributed by atoms with Crippen molar-refractivity contribution in [3.8, 4) is 0 Å². The third-order valence-electron chi connectivity index (χ3n) is 2.59. The molecule has 88 valence electrons. The Morgan fingerprint density at radius 1 is 1.56 bits per heavy atom. The van der Waals surface area contributed by atoms with E-state index in [0.29, 0.717) is 17.2 Å². The van der Waals surface area contributed by atoms with E-state index in [-0.39, 0.29) is 10.8 Å². The fourth-order valence-corrected chi connectivity index (χ4v) is 1.37. The molecule has 0 aromatic heterocycles. The van der Waals surface area contributed by atoms with Gasteiger partial charge in [-0.05, 0) is 24.1 Å². The van der Waals surface area contributed by atoms with Crippen LogP contribution in [-0.4, -0.2) is 11.5 Å². The van der Waals surface area contributed by atoms with Crippen molar-refractivity contribution in [2.24, 2.45) is 11.7 Å². The molecule has 0 aliphatic carbocycles. The first-order valence-electron chi connectivity index (χ1n) is 5.37. The standard InChI is InChI=1S/C12H17FN2S/c1-3-8(2)7-15-11-5-4-9(12(14)16)6-10(11)13/h4-6,8,15H,3,7H2,1-2H3,(H2,14,16). The molecule has 16 heavy (non-hydrogen) atoms. The van der Waals surface area contributed by atoms with Crippen LogP contribution in [0.3, 0.4) is 0 Å². The van der Waals surface area contributed by atoms with Crippen molar-refractivity contribution < 1.29 is 4.39 Å². The minimum Gasteiger partial charge on any atom is -0.389 e. The van der Waals surface area contributed by atoms with Crippen LogP contribution in [0.4, 0.5) is 10.1 Å². The number of halogens is 1. The number of nitrogens with one attached hydrogen (secondary N) is 1. The molecule has 0 radical (unpaired) electrons. The van der Waals surface area contributed by atoms with Gasteiger partial charge in [0, 0.05) is 12.1 Å². The number of thiocarbonyl (C=S) groups is 1. The SMILES string of the molecule is CCC(C)CNc1ccc(C(N)=S)cc1F. The highest BCUT2D eigenvalue weighted by Crippen LogP contribution is 2.16. The summed E-state index contributed by atoms with van der Waals surface area (Å²) in [7, 11) is 0. The van der Waals surface area contributed by atoms with Gasteiger partial charge in [0.1, 0.15) is 10.8 Å². The molecule has 0 heterocycles. The lowest BCUT2D eigenvalue weighted by Gasteiger charge is -2.12. The monoisotopic (exact) mass is 240 g/mol. The maximum Gasteiger partial charge on any atom is 0.146 e. The molecule has 1 aromatic rings. The lowest BCUT2D eigenvalue weighted by Crippen LogP contribution is -2.13. The molecule has 1 atom stereocenters. The maximum atomic E-state index is 13.6. The predicted octanol–water partition coefficient (Wildman–Crippen LogP) is 2.92. The molecule has 4 heteroatoms. The highest BCUT2D eigenvalue weighted by Gasteiger charge is 2.06. The van der Waals surface area contributed by atoms with E-state index in [0.717, 1.165) is 13.0 Å². The van der Waals surface area contributed by atoms with Gasteiger partial charge in [0.25, 0.3) is 0 Å². The topological polar surface area (TPSA) is 38.0 Å². The minimum atomic E-state index is -0.311. The first-order valence-corrected chi connectivity index (χ1v) is 5.78. The summed E-state index contributed by atoms with van der Waals surface area (Å²) in [6.45, 7) is 4.99. The molecular formula is C12H17FN2S. The number of anilines is 1. The van der Waals surface area contributed by atoms with Crippen LogP contribution in [0.1, 0.15) is 25.8 Å². The second-order valence-corrected chi connectivity index (χ2v) is 4.39. The van der Waals surface area contributed by atoms with E-state index < -0.39 is 0 Å². The third-order valence-corrected chi connectivity index (χ3v) is 2.83. The van der Waals surface area contributed by atoms with E-state index in [9.17, 15) is 4.39 Å². The van der Waals surface area contributed by atoms with E-state index in [4.69, 9.17) is 18.0 Å². The summed E-state index contributed by atoms with van der Waals surface area (Å²) in [5.74, 6) is 0.211. The van der Waals surface area contributed by atoms with Crippen molar-refractivity contribution in [2.75, 3.05) is 11.9 Å². The van der Waals surface area contributed by atoms with Gasteiger partial charge in [-0.15, -0.1) is 0 Å².